The Morgan fingerprint density at radius 3 is 2.76 bits per heavy atom. The Morgan fingerprint density at radius 2 is 2.00 bits per heavy atom. The van der Waals surface area contributed by atoms with Gasteiger partial charge in [-0.1, -0.05) is 35.0 Å². The molecule has 0 spiro atoms. The van der Waals surface area contributed by atoms with Crippen molar-refractivity contribution in [3.8, 4) is 11.5 Å². The minimum Gasteiger partial charge on any atom is -0.334 e. The third kappa shape index (κ3) is 3.03. The molecule has 126 valence electrons. The molecule has 0 aliphatic carbocycles. The number of carbonyl (C=O) groups is 1. The molecule has 0 saturated carbocycles. The third-order valence-corrected chi connectivity index (χ3v) is 4.64. The molecule has 0 bridgehead atoms. The van der Waals surface area contributed by atoms with Crippen molar-refractivity contribution in [3.63, 3.8) is 0 Å². The lowest BCUT2D eigenvalue weighted by Crippen LogP contribution is -2.25. The fraction of sp³-hybridized carbons (Fsp3) is 0.211. The molecule has 6 heteroatoms. The van der Waals surface area contributed by atoms with E-state index in [0.29, 0.717) is 29.7 Å². The van der Waals surface area contributed by atoms with E-state index in [9.17, 15) is 4.79 Å². The predicted octanol–water partition coefficient (Wildman–Crippen LogP) is 4.22. The SMILES string of the molecule is Cc1cc(Cl)ccc1N1CC(c2noc(-c3ccccc3)n2)CC1=O. The molecule has 1 atom stereocenters. The summed E-state index contributed by atoms with van der Waals surface area (Å²) in [5.74, 6) is 1.02. The summed E-state index contributed by atoms with van der Waals surface area (Å²) in [7, 11) is 0. The lowest BCUT2D eigenvalue weighted by Gasteiger charge is -2.18. The summed E-state index contributed by atoms with van der Waals surface area (Å²) in [5, 5.41) is 4.75. The van der Waals surface area contributed by atoms with Crippen molar-refractivity contribution in [3.05, 3.63) is 64.9 Å². The Hall–Kier alpha value is -2.66. The van der Waals surface area contributed by atoms with E-state index in [1.165, 1.54) is 0 Å². The first-order valence-corrected chi connectivity index (χ1v) is 8.45. The van der Waals surface area contributed by atoms with E-state index in [-0.39, 0.29) is 11.8 Å². The van der Waals surface area contributed by atoms with E-state index < -0.39 is 0 Å². The number of hydrogen-bond donors (Lipinski definition) is 0. The number of amides is 1. The van der Waals surface area contributed by atoms with E-state index in [0.717, 1.165) is 16.8 Å². The van der Waals surface area contributed by atoms with Gasteiger partial charge in [-0.05, 0) is 42.8 Å². The molecule has 1 fully saturated rings. The molecule has 2 heterocycles. The number of anilines is 1. The Balaban J connectivity index is 1.57. The summed E-state index contributed by atoms with van der Waals surface area (Å²) in [5.41, 5.74) is 2.72. The molecule has 1 aromatic heterocycles. The highest BCUT2D eigenvalue weighted by Gasteiger charge is 2.35. The normalized spacial score (nSPS) is 17.3. The minimum atomic E-state index is -0.0798. The Bertz CT molecular complexity index is 923. The van der Waals surface area contributed by atoms with Crippen LogP contribution in [0.4, 0.5) is 5.69 Å². The van der Waals surface area contributed by atoms with Gasteiger partial charge in [0, 0.05) is 35.2 Å². The van der Waals surface area contributed by atoms with Crippen molar-refractivity contribution < 1.29 is 9.32 Å². The van der Waals surface area contributed by atoms with Gasteiger partial charge in [-0.3, -0.25) is 4.79 Å². The molecule has 1 amide bonds. The summed E-state index contributed by atoms with van der Waals surface area (Å²) in [6, 6.07) is 15.1. The van der Waals surface area contributed by atoms with Crippen LogP contribution >= 0.6 is 11.6 Å². The van der Waals surface area contributed by atoms with Crippen molar-refractivity contribution in [2.24, 2.45) is 0 Å². The summed E-state index contributed by atoms with van der Waals surface area (Å²) in [4.78, 5) is 18.7. The van der Waals surface area contributed by atoms with E-state index in [1.807, 2.05) is 49.4 Å². The van der Waals surface area contributed by atoms with Crippen molar-refractivity contribution in [2.45, 2.75) is 19.3 Å². The standard InChI is InChI=1S/C19H16ClN3O2/c1-12-9-15(20)7-8-16(12)23-11-14(10-17(23)24)18-21-19(25-22-18)13-5-3-2-4-6-13/h2-9,14H,10-11H2,1H3. The van der Waals surface area contributed by atoms with Crippen LogP contribution in [-0.2, 0) is 4.79 Å². The monoisotopic (exact) mass is 353 g/mol. The number of carbonyl (C=O) groups excluding carboxylic acids is 1. The van der Waals surface area contributed by atoms with Crippen LogP contribution in [0.15, 0.2) is 53.1 Å². The van der Waals surface area contributed by atoms with Gasteiger partial charge in [-0.15, -0.1) is 0 Å². The molecular weight excluding hydrogens is 338 g/mol. The van der Waals surface area contributed by atoms with Crippen LogP contribution in [0.5, 0.6) is 0 Å². The number of aromatic nitrogens is 2. The zero-order chi connectivity index (χ0) is 17.4. The first-order valence-electron chi connectivity index (χ1n) is 8.07. The smallest absolute Gasteiger partial charge is 0.257 e. The average Bonchev–Trinajstić information content (AvgIpc) is 3.23. The van der Waals surface area contributed by atoms with Gasteiger partial charge < -0.3 is 9.42 Å². The molecule has 3 aromatic rings. The summed E-state index contributed by atoms with van der Waals surface area (Å²) in [6.07, 6.45) is 0.371. The van der Waals surface area contributed by atoms with Gasteiger partial charge in [0.2, 0.25) is 5.91 Å². The van der Waals surface area contributed by atoms with Gasteiger partial charge in [0.05, 0.1) is 0 Å². The zero-order valence-corrected chi connectivity index (χ0v) is 14.4. The molecule has 0 radical (unpaired) electrons. The molecule has 1 unspecified atom stereocenters. The van der Waals surface area contributed by atoms with Crippen molar-refractivity contribution in [1.82, 2.24) is 10.1 Å². The van der Waals surface area contributed by atoms with Crippen LogP contribution in [0.3, 0.4) is 0 Å². The maximum Gasteiger partial charge on any atom is 0.257 e. The Morgan fingerprint density at radius 1 is 1.20 bits per heavy atom. The van der Waals surface area contributed by atoms with Crippen molar-refractivity contribution in [2.75, 3.05) is 11.4 Å². The van der Waals surface area contributed by atoms with Gasteiger partial charge in [-0.25, -0.2) is 0 Å². The summed E-state index contributed by atoms with van der Waals surface area (Å²) >= 11 is 6.01. The average molecular weight is 354 g/mol. The molecular formula is C19H16ClN3O2. The molecule has 0 N–H and O–H groups in total. The van der Waals surface area contributed by atoms with Gasteiger partial charge in [0.15, 0.2) is 5.82 Å². The molecule has 1 saturated heterocycles. The maximum atomic E-state index is 12.5. The Kier molecular flexibility index (Phi) is 4.01. The van der Waals surface area contributed by atoms with Crippen molar-refractivity contribution in [1.29, 1.82) is 0 Å². The van der Waals surface area contributed by atoms with E-state index in [1.54, 1.807) is 11.0 Å². The molecule has 25 heavy (non-hydrogen) atoms. The van der Waals surface area contributed by atoms with E-state index >= 15 is 0 Å². The molecule has 1 aliphatic rings. The van der Waals surface area contributed by atoms with Gasteiger partial charge in [-0.2, -0.15) is 4.98 Å². The highest BCUT2D eigenvalue weighted by Crippen LogP contribution is 2.33. The fourth-order valence-corrected chi connectivity index (χ4v) is 3.36. The number of aryl methyl sites for hydroxylation is 1. The summed E-state index contributed by atoms with van der Waals surface area (Å²) < 4.78 is 5.37. The van der Waals surface area contributed by atoms with Crippen LogP contribution in [-0.4, -0.2) is 22.6 Å². The number of halogens is 1. The highest BCUT2D eigenvalue weighted by molar-refractivity contribution is 6.30. The van der Waals surface area contributed by atoms with E-state index in [2.05, 4.69) is 10.1 Å². The Labute approximate surface area is 150 Å². The van der Waals surface area contributed by atoms with Gasteiger partial charge in [0.25, 0.3) is 5.89 Å². The molecule has 2 aromatic carbocycles. The summed E-state index contributed by atoms with van der Waals surface area (Å²) in [6.45, 7) is 2.48. The van der Waals surface area contributed by atoms with Crippen LogP contribution in [0, 0.1) is 6.92 Å². The second-order valence-corrected chi connectivity index (χ2v) is 6.60. The molecule has 4 rings (SSSR count). The maximum absolute atomic E-state index is 12.5. The number of nitrogens with zero attached hydrogens (tertiary/aromatic N) is 3. The number of benzene rings is 2. The van der Waals surface area contributed by atoms with Gasteiger partial charge >= 0.3 is 0 Å². The number of hydrogen-bond acceptors (Lipinski definition) is 4. The zero-order valence-electron chi connectivity index (χ0n) is 13.6. The quantitative estimate of drug-likeness (QED) is 0.707. The second-order valence-electron chi connectivity index (χ2n) is 6.16. The molecule has 5 nitrogen and oxygen atoms in total. The minimum absolute atomic E-state index is 0.0569. The van der Waals surface area contributed by atoms with Crippen LogP contribution < -0.4 is 4.90 Å². The molecule has 1 aliphatic heterocycles. The first-order chi connectivity index (χ1) is 12.1. The van der Waals surface area contributed by atoms with Crippen LogP contribution in [0.1, 0.15) is 23.7 Å². The third-order valence-electron chi connectivity index (χ3n) is 4.40. The fourth-order valence-electron chi connectivity index (χ4n) is 3.13. The first kappa shape index (κ1) is 15.8. The van der Waals surface area contributed by atoms with E-state index in [4.69, 9.17) is 16.1 Å². The van der Waals surface area contributed by atoms with Crippen LogP contribution in [0.2, 0.25) is 5.02 Å². The highest BCUT2D eigenvalue weighted by atomic mass is 35.5. The number of rotatable bonds is 3. The van der Waals surface area contributed by atoms with Gasteiger partial charge in [0.1, 0.15) is 0 Å². The topological polar surface area (TPSA) is 59.2 Å². The largest absolute Gasteiger partial charge is 0.334 e. The second kappa shape index (κ2) is 6.33. The lowest BCUT2D eigenvalue weighted by atomic mass is 10.1. The lowest BCUT2D eigenvalue weighted by molar-refractivity contribution is -0.117. The predicted molar refractivity (Wildman–Crippen MR) is 95.6 cm³/mol. The van der Waals surface area contributed by atoms with Crippen molar-refractivity contribution >= 4 is 23.2 Å². The van der Waals surface area contributed by atoms with Crippen LogP contribution in [0.25, 0.3) is 11.5 Å².